The van der Waals surface area contributed by atoms with Gasteiger partial charge in [-0.25, -0.2) is 4.79 Å². The average Bonchev–Trinajstić information content (AvgIpc) is 3.04. The summed E-state index contributed by atoms with van der Waals surface area (Å²) in [6.45, 7) is 2.04. The minimum atomic E-state index is -1.34. The number of carboxylic acids is 1. The zero-order valence-corrected chi connectivity index (χ0v) is 14.2. The lowest BCUT2D eigenvalue weighted by Crippen LogP contribution is -2.56. The van der Waals surface area contributed by atoms with Crippen LogP contribution in [0, 0.1) is 16.0 Å². The van der Waals surface area contributed by atoms with Gasteiger partial charge in [0.2, 0.25) is 0 Å². The molecule has 9 nitrogen and oxygen atoms in total. The molecule has 0 spiro atoms. The van der Waals surface area contributed by atoms with Crippen LogP contribution in [0.2, 0.25) is 0 Å². The predicted octanol–water partition coefficient (Wildman–Crippen LogP) is 2.36. The van der Waals surface area contributed by atoms with Crippen molar-refractivity contribution in [2.24, 2.45) is 5.92 Å². The quantitative estimate of drug-likeness (QED) is 0.628. The molecule has 1 aromatic heterocycles. The van der Waals surface area contributed by atoms with Gasteiger partial charge in [-0.05, 0) is 37.7 Å². The first-order valence-corrected chi connectivity index (χ1v) is 8.52. The first-order valence-electron chi connectivity index (χ1n) is 7.79. The van der Waals surface area contributed by atoms with Crippen LogP contribution in [-0.4, -0.2) is 36.2 Å². The van der Waals surface area contributed by atoms with Gasteiger partial charge in [-0.1, -0.05) is 6.92 Å². The van der Waals surface area contributed by atoms with Crippen molar-refractivity contribution in [1.82, 2.24) is 14.1 Å². The van der Waals surface area contributed by atoms with Gasteiger partial charge in [0, 0.05) is 11.6 Å². The third-order valence-electron chi connectivity index (χ3n) is 4.69. The second-order valence-corrected chi connectivity index (χ2v) is 6.94. The van der Waals surface area contributed by atoms with Gasteiger partial charge < -0.3 is 10.4 Å². The fraction of sp³-hybridized carbons (Fsp3) is 0.467. The fourth-order valence-corrected chi connectivity index (χ4v) is 3.62. The fourth-order valence-electron chi connectivity index (χ4n) is 3.08. The topological polar surface area (TPSA) is 135 Å². The van der Waals surface area contributed by atoms with Gasteiger partial charge in [-0.3, -0.25) is 14.9 Å². The van der Waals surface area contributed by atoms with E-state index in [0.717, 1.165) is 17.8 Å². The standard InChI is InChI=1S/C15H16N4O5S/c1-8-2-4-15(5-3-8,14(21)22)16-13(20)9-6-10-12(18-25-17-10)11(7-9)19(23)24/h6-8H,2-5H2,1H3,(H,16,20)(H,21,22). The van der Waals surface area contributed by atoms with Crippen molar-refractivity contribution >= 4 is 40.3 Å². The summed E-state index contributed by atoms with van der Waals surface area (Å²) >= 11 is 0.815. The lowest BCUT2D eigenvalue weighted by atomic mass is 9.77. The Morgan fingerprint density at radius 2 is 2.04 bits per heavy atom. The molecule has 2 aromatic rings. The van der Waals surface area contributed by atoms with E-state index in [1.165, 1.54) is 6.07 Å². The summed E-state index contributed by atoms with van der Waals surface area (Å²) in [5.74, 6) is -1.34. The summed E-state index contributed by atoms with van der Waals surface area (Å²) in [5, 5.41) is 23.4. The second kappa shape index (κ2) is 6.36. The SMILES string of the molecule is CC1CCC(NC(=O)c2cc([N+](=O)[O-])c3nsnc3c2)(C(=O)O)CC1. The van der Waals surface area contributed by atoms with Crippen LogP contribution >= 0.6 is 11.7 Å². The molecule has 0 bridgehead atoms. The van der Waals surface area contributed by atoms with Crippen molar-refractivity contribution in [2.45, 2.75) is 38.1 Å². The van der Waals surface area contributed by atoms with E-state index in [1.54, 1.807) is 0 Å². The summed E-state index contributed by atoms with van der Waals surface area (Å²) in [6, 6.07) is 2.50. The van der Waals surface area contributed by atoms with Crippen LogP contribution in [0.3, 0.4) is 0 Å². The minimum absolute atomic E-state index is 0.00569. The number of nitro groups is 1. The number of nitro benzene ring substituents is 1. The Hall–Kier alpha value is -2.62. The molecule has 0 radical (unpaired) electrons. The Balaban J connectivity index is 1.93. The smallest absolute Gasteiger partial charge is 0.329 e. The maximum Gasteiger partial charge on any atom is 0.329 e. The second-order valence-electron chi connectivity index (χ2n) is 6.41. The van der Waals surface area contributed by atoms with Crippen LogP contribution in [0.1, 0.15) is 43.0 Å². The van der Waals surface area contributed by atoms with Gasteiger partial charge >= 0.3 is 5.97 Å². The number of carboxylic acid groups (broad SMARTS) is 1. The van der Waals surface area contributed by atoms with E-state index in [1.807, 2.05) is 6.92 Å². The predicted molar refractivity (Wildman–Crippen MR) is 89.5 cm³/mol. The zero-order valence-electron chi connectivity index (χ0n) is 13.4. The Labute approximate surface area is 146 Å². The Morgan fingerprint density at radius 1 is 1.36 bits per heavy atom. The molecule has 132 valence electrons. The number of fused-ring (bicyclic) bond motifs is 1. The van der Waals surface area contributed by atoms with Gasteiger partial charge in [-0.2, -0.15) is 8.75 Å². The molecule has 1 amide bonds. The third-order valence-corrected chi connectivity index (χ3v) is 5.23. The van der Waals surface area contributed by atoms with Crippen molar-refractivity contribution in [3.05, 3.63) is 27.8 Å². The van der Waals surface area contributed by atoms with Crippen molar-refractivity contribution in [2.75, 3.05) is 0 Å². The molecule has 1 aliphatic carbocycles. The van der Waals surface area contributed by atoms with E-state index < -0.39 is 22.3 Å². The molecule has 1 saturated carbocycles. The molecule has 1 fully saturated rings. The van der Waals surface area contributed by atoms with E-state index in [2.05, 4.69) is 14.1 Å². The highest BCUT2D eigenvalue weighted by molar-refractivity contribution is 7.00. The van der Waals surface area contributed by atoms with Crippen molar-refractivity contribution < 1.29 is 19.6 Å². The number of non-ortho nitro benzene ring substituents is 1. The Bertz CT molecular complexity index is 857. The van der Waals surface area contributed by atoms with Crippen LogP contribution in [0.5, 0.6) is 0 Å². The van der Waals surface area contributed by atoms with Crippen LogP contribution in [0.4, 0.5) is 5.69 Å². The number of aliphatic carboxylic acids is 1. The molecule has 1 aromatic carbocycles. The van der Waals surface area contributed by atoms with Gasteiger partial charge in [0.15, 0.2) is 5.52 Å². The number of carbonyl (C=O) groups excluding carboxylic acids is 1. The van der Waals surface area contributed by atoms with E-state index in [4.69, 9.17) is 0 Å². The van der Waals surface area contributed by atoms with Crippen molar-refractivity contribution in [1.29, 1.82) is 0 Å². The Kier molecular flexibility index (Phi) is 4.38. The van der Waals surface area contributed by atoms with E-state index in [-0.39, 0.29) is 22.3 Å². The van der Waals surface area contributed by atoms with Crippen LogP contribution in [0.25, 0.3) is 11.0 Å². The van der Waals surface area contributed by atoms with Gasteiger partial charge in [0.25, 0.3) is 11.6 Å². The molecule has 0 aliphatic heterocycles. The largest absolute Gasteiger partial charge is 0.480 e. The number of hydrogen-bond donors (Lipinski definition) is 2. The first-order chi connectivity index (χ1) is 11.8. The summed E-state index contributed by atoms with van der Waals surface area (Å²) in [5.41, 5.74) is -1.30. The highest BCUT2D eigenvalue weighted by Crippen LogP contribution is 2.33. The number of nitrogens with one attached hydrogen (secondary N) is 1. The lowest BCUT2D eigenvalue weighted by molar-refractivity contribution is -0.383. The first kappa shape index (κ1) is 17.2. The molecule has 25 heavy (non-hydrogen) atoms. The van der Waals surface area contributed by atoms with Gasteiger partial charge in [0.1, 0.15) is 11.1 Å². The number of rotatable bonds is 4. The number of amides is 1. The number of nitrogens with zero attached hydrogens (tertiary/aromatic N) is 3. The molecular weight excluding hydrogens is 348 g/mol. The monoisotopic (exact) mass is 364 g/mol. The average molecular weight is 364 g/mol. The number of hydrogen-bond acceptors (Lipinski definition) is 7. The van der Waals surface area contributed by atoms with Crippen LogP contribution in [-0.2, 0) is 4.79 Å². The molecule has 0 unspecified atom stereocenters. The highest BCUT2D eigenvalue weighted by atomic mass is 32.1. The lowest BCUT2D eigenvalue weighted by Gasteiger charge is -2.36. The van der Waals surface area contributed by atoms with Gasteiger partial charge in [0.05, 0.1) is 16.7 Å². The minimum Gasteiger partial charge on any atom is -0.480 e. The normalized spacial score (nSPS) is 23.3. The molecule has 0 atom stereocenters. The van der Waals surface area contributed by atoms with Gasteiger partial charge in [-0.15, -0.1) is 0 Å². The Morgan fingerprint density at radius 3 is 2.64 bits per heavy atom. The van der Waals surface area contributed by atoms with Crippen LogP contribution < -0.4 is 5.32 Å². The maximum atomic E-state index is 12.6. The molecular formula is C15H16N4O5S. The van der Waals surface area contributed by atoms with E-state index in [0.29, 0.717) is 31.6 Å². The molecule has 1 heterocycles. The zero-order chi connectivity index (χ0) is 18.2. The molecule has 2 N–H and O–H groups in total. The summed E-state index contributed by atoms with van der Waals surface area (Å²) in [4.78, 5) is 34.9. The molecule has 3 rings (SSSR count). The summed E-state index contributed by atoms with van der Waals surface area (Å²) < 4.78 is 7.81. The maximum absolute atomic E-state index is 12.6. The number of aromatic nitrogens is 2. The van der Waals surface area contributed by atoms with Crippen molar-refractivity contribution in [3.63, 3.8) is 0 Å². The summed E-state index contributed by atoms with van der Waals surface area (Å²) in [6.07, 6.45) is 2.05. The molecule has 0 saturated heterocycles. The third kappa shape index (κ3) is 3.16. The number of benzene rings is 1. The molecule has 10 heteroatoms. The van der Waals surface area contributed by atoms with Crippen LogP contribution in [0.15, 0.2) is 12.1 Å². The number of carbonyl (C=O) groups is 2. The van der Waals surface area contributed by atoms with E-state index in [9.17, 15) is 24.8 Å². The highest BCUT2D eigenvalue weighted by Gasteiger charge is 2.42. The van der Waals surface area contributed by atoms with E-state index >= 15 is 0 Å². The summed E-state index contributed by atoms with van der Waals surface area (Å²) in [7, 11) is 0. The molecule has 1 aliphatic rings. The van der Waals surface area contributed by atoms with Crippen molar-refractivity contribution in [3.8, 4) is 0 Å².